The summed E-state index contributed by atoms with van der Waals surface area (Å²) in [5.41, 5.74) is -2.06. The van der Waals surface area contributed by atoms with Gasteiger partial charge in [0.15, 0.2) is 11.6 Å². The van der Waals surface area contributed by atoms with E-state index in [0.717, 1.165) is 5.57 Å². The normalized spacial score (nSPS) is 51.3. The molecule has 0 aromatic carbocycles. The number of aliphatic hydroxyl groups excluding tert-OH is 2. The highest BCUT2D eigenvalue weighted by Crippen LogP contribution is 2.67. The minimum absolute atomic E-state index is 0.0250. The molecule has 0 saturated heterocycles. The summed E-state index contributed by atoms with van der Waals surface area (Å²) < 4.78 is 0. The van der Waals surface area contributed by atoms with Gasteiger partial charge < -0.3 is 15.3 Å². The zero-order valence-corrected chi connectivity index (χ0v) is 16.4. The predicted octanol–water partition coefficient (Wildman–Crippen LogP) is 1.77. The molecular weight excluding hydrogens is 368 g/mol. The van der Waals surface area contributed by atoms with Gasteiger partial charge in [-0.05, 0) is 55.2 Å². The van der Waals surface area contributed by atoms with Crippen molar-refractivity contribution in [1.82, 2.24) is 0 Å². The monoisotopic (exact) mass is 394 g/mol. The van der Waals surface area contributed by atoms with Crippen molar-refractivity contribution >= 4 is 23.2 Å². The molecule has 0 aromatic rings. The number of allylic oxidation sites excluding steroid dienone is 4. The third-order valence-electron chi connectivity index (χ3n) is 8.23. The largest absolute Gasteiger partial charge is 0.393 e. The highest BCUT2D eigenvalue weighted by molar-refractivity contribution is 6.23. The summed E-state index contributed by atoms with van der Waals surface area (Å²) in [5, 5.41) is 31.4. The van der Waals surface area contributed by atoms with Crippen molar-refractivity contribution in [2.45, 2.75) is 56.6 Å². The van der Waals surface area contributed by atoms with Crippen molar-refractivity contribution in [2.75, 3.05) is 6.61 Å². The van der Waals surface area contributed by atoms with Crippen molar-refractivity contribution in [3.8, 4) is 0 Å². The first-order valence-electron chi connectivity index (χ1n) is 9.72. The first-order valence-corrected chi connectivity index (χ1v) is 10.2. The molecule has 4 rings (SSSR count). The van der Waals surface area contributed by atoms with Gasteiger partial charge in [0.1, 0.15) is 12.2 Å². The Balaban J connectivity index is 1.78. The number of hydrogen-bond acceptors (Lipinski definition) is 5. The van der Waals surface area contributed by atoms with Crippen molar-refractivity contribution in [3.63, 3.8) is 0 Å². The maximum absolute atomic E-state index is 12.4. The Kier molecular flexibility index (Phi) is 4.29. The third kappa shape index (κ3) is 2.35. The van der Waals surface area contributed by atoms with Gasteiger partial charge in [-0.3, -0.25) is 9.59 Å². The van der Waals surface area contributed by atoms with E-state index in [4.69, 9.17) is 11.6 Å². The molecule has 0 spiro atoms. The average molecular weight is 395 g/mol. The van der Waals surface area contributed by atoms with E-state index in [1.807, 2.05) is 19.9 Å². The average Bonchev–Trinajstić information content (AvgIpc) is 2.87. The lowest BCUT2D eigenvalue weighted by Gasteiger charge is -2.60. The number of ketones is 2. The van der Waals surface area contributed by atoms with E-state index in [-0.39, 0.29) is 28.9 Å². The molecule has 3 fully saturated rings. The van der Waals surface area contributed by atoms with Gasteiger partial charge in [0.25, 0.3) is 0 Å². The summed E-state index contributed by atoms with van der Waals surface area (Å²) >= 11 is 6.70. The van der Waals surface area contributed by atoms with Crippen LogP contribution in [-0.4, -0.2) is 50.6 Å². The molecule has 0 aromatic heterocycles. The number of halogens is 1. The van der Waals surface area contributed by atoms with Crippen LogP contribution < -0.4 is 0 Å². The zero-order chi connectivity index (χ0) is 19.8. The minimum Gasteiger partial charge on any atom is -0.393 e. The van der Waals surface area contributed by atoms with Gasteiger partial charge in [0, 0.05) is 16.7 Å². The summed E-state index contributed by atoms with van der Waals surface area (Å²) in [4.78, 5) is 24.3. The van der Waals surface area contributed by atoms with Crippen molar-refractivity contribution < 1.29 is 24.9 Å². The second kappa shape index (κ2) is 5.99. The Hall–Kier alpha value is -1.01. The van der Waals surface area contributed by atoms with Gasteiger partial charge in [-0.25, -0.2) is 0 Å². The van der Waals surface area contributed by atoms with Gasteiger partial charge in [0.2, 0.25) is 0 Å². The Bertz CT molecular complexity index is 760. The van der Waals surface area contributed by atoms with E-state index in [1.54, 1.807) is 12.2 Å². The fraction of sp³-hybridized carbons (Fsp3) is 0.714. The molecule has 4 aliphatic rings. The highest BCUT2D eigenvalue weighted by atomic mass is 35.5. The van der Waals surface area contributed by atoms with E-state index >= 15 is 0 Å². The number of carbonyl (C=O) groups is 2. The van der Waals surface area contributed by atoms with Crippen LogP contribution >= 0.6 is 11.6 Å². The fourth-order valence-electron chi connectivity index (χ4n) is 6.93. The van der Waals surface area contributed by atoms with Crippen LogP contribution in [0.2, 0.25) is 0 Å². The number of fused-ring (bicyclic) bond motifs is 5. The molecule has 4 aliphatic carbocycles. The number of carbonyl (C=O) groups excluding carboxylic acids is 2. The van der Waals surface area contributed by atoms with Crippen LogP contribution in [0.3, 0.4) is 0 Å². The fourth-order valence-corrected chi connectivity index (χ4v) is 7.43. The van der Waals surface area contributed by atoms with Crippen LogP contribution in [0.25, 0.3) is 0 Å². The molecule has 0 unspecified atom stereocenters. The summed E-state index contributed by atoms with van der Waals surface area (Å²) in [6.07, 6.45) is 6.16. The Labute approximate surface area is 164 Å². The first kappa shape index (κ1) is 19.3. The van der Waals surface area contributed by atoms with Crippen LogP contribution in [-0.2, 0) is 9.59 Å². The SMILES string of the molecule is C[C@]12C=CC(=O)C=C1[C@@H](Cl)C[C@@H]1[C@@H]2[C@@H](O)C[C@@]2(C)[C@H]1CC[C@]2(O)C(=O)CO. The molecule has 0 bridgehead atoms. The molecule has 6 heteroatoms. The summed E-state index contributed by atoms with van der Waals surface area (Å²) in [6.45, 7) is 3.20. The second-order valence-corrected chi connectivity index (χ2v) is 9.81. The predicted molar refractivity (Wildman–Crippen MR) is 100 cm³/mol. The van der Waals surface area contributed by atoms with E-state index in [2.05, 4.69) is 0 Å². The van der Waals surface area contributed by atoms with E-state index in [1.165, 1.54) is 0 Å². The van der Waals surface area contributed by atoms with E-state index < -0.39 is 34.9 Å². The molecule has 3 N–H and O–H groups in total. The lowest BCUT2D eigenvalue weighted by molar-refractivity contribution is -0.178. The number of aliphatic hydroxyl groups is 3. The quantitative estimate of drug-likeness (QED) is 0.620. The molecule has 0 radical (unpaired) electrons. The molecule has 148 valence electrons. The maximum Gasteiger partial charge on any atom is 0.190 e. The zero-order valence-electron chi connectivity index (χ0n) is 15.7. The topological polar surface area (TPSA) is 94.8 Å². The van der Waals surface area contributed by atoms with Gasteiger partial charge in [-0.1, -0.05) is 19.9 Å². The highest BCUT2D eigenvalue weighted by Gasteiger charge is 2.68. The second-order valence-electron chi connectivity index (χ2n) is 9.29. The molecule has 0 heterocycles. The number of Topliss-reactive ketones (excluding diaryl/α,β-unsaturated/α-hetero) is 1. The van der Waals surface area contributed by atoms with Crippen molar-refractivity contribution in [1.29, 1.82) is 0 Å². The molecule has 27 heavy (non-hydrogen) atoms. The summed E-state index contributed by atoms with van der Waals surface area (Å²) in [7, 11) is 0. The Morgan fingerprint density at radius 1 is 1.37 bits per heavy atom. The molecule has 8 atom stereocenters. The Morgan fingerprint density at radius 2 is 2.07 bits per heavy atom. The van der Waals surface area contributed by atoms with Gasteiger partial charge >= 0.3 is 0 Å². The van der Waals surface area contributed by atoms with Crippen LogP contribution in [0.1, 0.15) is 39.5 Å². The van der Waals surface area contributed by atoms with Crippen LogP contribution in [0.15, 0.2) is 23.8 Å². The number of rotatable bonds is 2. The lowest BCUT2D eigenvalue weighted by atomic mass is 9.46. The van der Waals surface area contributed by atoms with Crippen molar-refractivity contribution in [3.05, 3.63) is 23.8 Å². The third-order valence-corrected chi connectivity index (χ3v) is 8.65. The molecule has 0 amide bonds. The van der Waals surface area contributed by atoms with Crippen LogP contribution in [0, 0.1) is 28.6 Å². The van der Waals surface area contributed by atoms with Gasteiger partial charge in [0.05, 0.1) is 11.5 Å². The molecular formula is C21H27ClO5. The van der Waals surface area contributed by atoms with Crippen molar-refractivity contribution in [2.24, 2.45) is 28.6 Å². The summed E-state index contributed by atoms with van der Waals surface area (Å²) in [5.74, 6) is -0.705. The first-order chi connectivity index (χ1) is 12.6. The summed E-state index contributed by atoms with van der Waals surface area (Å²) in [6, 6.07) is 0. The smallest absolute Gasteiger partial charge is 0.190 e. The molecule has 5 nitrogen and oxygen atoms in total. The Morgan fingerprint density at radius 3 is 2.74 bits per heavy atom. The van der Waals surface area contributed by atoms with E-state index in [0.29, 0.717) is 25.7 Å². The van der Waals surface area contributed by atoms with Gasteiger partial charge in [-0.2, -0.15) is 0 Å². The number of hydrogen-bond donors (Lipinski definition) is 3. The van der Waals surface area contributed by atoms with Crippen LogP contribution in [0.5, 0.6) is 0 Å². The lowest BCUT2D eigenvalue weighted by Crippen LogP contribution is -2.62. The molecule has 0 aliphatic heterocycles. The maximum atomic E-state index is 12.4. The van der Waals surface area contributed by atoms with Gasteiger partial charge in [-0.15, -0.1) is 11.6 Å². The molecule has 3 saturated carbocycles. The van der Waals surface area contributed by atoms with E-state index in [9.17, 15) is 24.9 Å². The van der Waals surface area contributed by atoms with Crippen LogP contribution in [0.4, 0.5) is 0 Å². The standard InChI is InChI=1S/C21H27ClO5/c1-19-5-3-11(24)7-14(19)15(22)8-12-13-4-6-21(27,17(26)10-23)20(13,2)9-16(25)18(12)19/h3,5,7,12-13,15-16,18,23,25,27H,4,6,8-10H2,1-2H3/t12-,13-,15-,16-,18+,19-,20-,21-/m0/s1. The number of alkyl halides is 1. The minimum atomic E-state index is -1.62.